The summed E-state index contributed by atoms with van der Waals surface area (Å²) < 4.78 is 6.37. The van der Waals surface area contributed by atoms with E-state index in [4.69, 9.17) is 4.74 Å². The zero-order valence-corrected chi connectivity index (χ0v) is 15.8. The number of halogens is 1. The normalized spacial score (nSPS) is 10.1. The fourth-order valence-electron chi connectivity index (χ4n) is 2.28. The van der Waals surface area contributed by atoms with Crippen molar-refractivity contribution < 1.29 is 14.3 Å². The number of hydrogen-bond donors (Lipinski definition) is 2. The fraction of sp³-hybridized carbons (Fsp3) is 0.0500. The van der Waals surface area contributed by atoms with Gasteiger partial charge in [0.2, 0.25) is 0 Å². The number of aromatic nitrogens is 1. The Morgan fingerprint density at radius 1 is 0.926 bits per heavy atom. The molecule has 0 fully saturated rings. The summed E-state index contributed by atoms with van der Waals surface area (Å²) >= 11 is 3.34. The van der Waals surface area contributed by atoms with E-state index >= 15 is 0 Å². The van der Waals surface area contributed by atoms with E-state index in [0.717, 1.165) is 4.47 Å². The van der Waals surface area contributed by atoms with Crippen molar-refractivity contribution in [1.82, 2.24) is 4.98 Å². The maximum Gasteiger partial charge on any atom is 0.262 e. The van der Waals surface area contributed by atoms with Gasteiger partial charge in [0.1, 0.15) is 11.6 Å². The minimum Gasteiger partial charge on any atom is -0.484 e. The molecule has 1 heterocycles. The first kappa shape index (κ1) is 18.6. The highest BCUT2D eigenvalue weighted by Crippen LogP contribution is 2.18. The first-order chi connectivity index (χ1) is 13.1. The molecule has 2 N–H and O–H groups in total. The van der Waals surface area contributed by atoms with Crippen molar-refractivity contribution in [3.63, 3.8) is 0 Å². The number of benzene rings is 2. The molecule has 7 heteroatoms. The largest absolute Gasteiger partial charge is 0.484 e. The van der Waals surface area contributed by atoms with Crippen molar-refractivity contribution in [1.29, 1.82) is 0 Å². The third-order valence-corrected chi connectivity index (χ3v) is 4.06. The molecule has 0 aliphatic rings. The number of anilines is 2. The second-order valence-corrected chi connectivity index (χ2v) is 6.42. The van der Waals surface area contributed by atoms with Crippen molar-refractivity contribution in [2.75, 3.05) is 17.2 Å². The minimum absolute atomic E-state index is 0.169. The third kappa shape index (κ3) is 5.39. The van der Waals surface area contributed by atoms with Crippen LogP contribution in [0.15, 0.2) is 77.4 Å². The van der Waals surface area contributed by atoms with Gasteiger partial charge in [-0.25, -0.2) is 4.98 Å². The van der Waals surface area contributed by atoms with E-state index in [1.54, 1.807) is 60.8 Å². The molecular weight excluding hydrogens is 410 g/mol. The van der Waals surface area contributed by atoms with Crippen LogP contribution < -0.4 is 15.4 Å². The number of carbonyl (C=O) groups excluding carboxylic acids is 2. The predicted molar refractivity (Wildman–Crippen MR) is 107 cm³/mol. The maximum absolute atomic E-state index is 12.5. The molecule has 0 radical (unpaired) electrons. The Hall–Kier alpha value is -3.19. The van der Waals surface area contributed by atoms with E-state index in [0.29, 0.717) is 22.8 Å². The zero-order chi connectivity index (χ0) is 19.1. The molecule has 1 aromatic heterocycles. The lowest BCUT2D eigenvalue weighted by Crippen LogP contribution is -2.23. The molecule has 0 aliphatic carbocycles. The number of rotatable bonds is 6. The molecule has 0 spiro atoms. The van der Waals surface area contributed by atoms with Crippen molar-refractivity contribution in [2.24, 2.45) is 0 Å². The van der Waals surface area contributed by atoms with Crippen molar-refractivity contribution in [2.45, 2.75) is 0 Å². The van der Waals surface area contributed by atoms with Crippen LogP contribution in [-0.4, -0.2) is 23.4 Å². The Balaban J connectivity index is 1.63. The molecule has 0 unspecified atom stereocenters. The number of carbonyl (C=O) groups is 2. The molecule has 2 aromatic carbocycles. The van der Waals surface area contributed by atoms with Gasteiger partial charge in [-0.15, -0.1) is 0 Å². The van der Waals surface area contributed by atoms with Gasteiger partial charge in [-0.3, -0.25) is 9.59 Å². The van der Waals surface area contributed by atoms with Crippen molar-refractivity contribution in [3.05, 3.63) is 83.0 Å². The predicted octanol–water partition coefficient (Wildman–Crippen LogP) is 4.11. The summed E-state index contributed by atoms with van der Waals surface area (Å²) in [5.41, 5.74) is 0.732. The van der Waals surface area contributed by atoms with E-state index < -0.39 is 0 Å². The number of hydrogen-bond acceptors (Lipinski definition) is 4. The SMILES string of the molecule is O=C(COc1ccc(Br)cc1)Nc1ccccc1C(=O)Nc1ccccn1. The first-order valence-electron chi connectivity index (χ1n) is 8.11. The second-order valence-electron chi connectivity index (χ2n) is 5.51. The number of pyridine rings is 1. The molecule has 0 aliphatic heterocycles. The second kappa shape index (κ2) is 8.95. The fourth-order valence-corrected chi connectivity index (χ4v) is 2.54. The molecule has 2 amide bonds. The number of ether oxygens (including phenoxy) is 1. The highest BCUT2D eigenvalue weighted by molar-refractivity contribution is 9.10. The van der Waals surface area contributed by atoms with Crippen LogP contribution in [0.1, 0.15) is 10.4 Å². The van der Waals surface area contributed by atoms with Gasteiger partial charge in [0.15, 0.2) is 6.61 Å². The Bertz CT molecular complexity index is 931. The standard InChI is InChI=1S/C20H16BrN3O3/c21-14-8-10-15(11-9-14)27-13-19(25)23-17-6-2-1-5-16(17)20(26)24-18-7-3-4-12-22-18/h1-12H,13H2,(H,23,25)(H,22,24,26). The Morgan fingerprint density at radius 2 is 1.67 bits per heavy atom. The Kier molecular flexibility index (Phi) is 6.17. The quantitative estimate of drug-likeness (QED) is 0.622. The van der Waals surface area contributed by atoms with E-state index in [1.807, 2.05) is 12.1 Å². The van der Waals surface area contributed by atoms with Crippen LogP contribution in [-0.2, 0) is 4.79 Å². The lowest BCUT2D eigenvalue weighted by atomic mass is 10.1. The zero-order valence-electron chi connectivity index (χ0n) is 14.2. The highest BCUT2D eigenvalue weighted by Gasteiger charge is 2.14. The summed E-state index contributed by atoms with van der Waals surface area (Å²) in [7, 11) is 0. The summed E-state index contributed by atoms with van der Waals surface area (Å²) in [6, 6.07) is 19.1. The topological polar surface area (TPSA) is 80.3 Å². The van der Waals surface area contributed by atoms with Gasteiger partial charge in [-0.1, -0.05) is 34.1 Å². The van der Waals surface area contributed by atoms with Crippen LogP contribution in [0.4, 0.5) is 11.5 Å². The molecule has 3 rings (SSSR count). The Morgan fingerprint density at radius 3 is 2.41 bits per heavy atom. The first-order valence-corrected chi connectivity index (χ1v) is 8.91. The van der Waals surface area contributed by atoms with Crippen LogP contribution in [0, 0.1) is 0 Å². The van der Waals surface area contributed by atoms with Crippen LogP contribution in [0.3, 0.4) is 0 Å². The van der Waals surface area contributed by atoms with Crippen LogP contribution in [0.2, 0.25) is 0 Å². The van der Waals surface area contributed by atoms with Crippen molar-refractivity contribution >= 4 is 39.2 Å². The average molecular weight is 426 g/mol. The third-order valence-electron chi connectivity index (χ3n) is 3.54. The van der Waals surface area contributed by atoms with E-state index in [2.05, 4.69) is 31.5 Å². The van der Waals surface area contributed by atoms with Gasteiger partial charge in [-0.2, -0.15) is 0 Å². The average Bonchev–Trinajstić information content (AvgIpc) is 2.69. The number of nitrogens with one attached hydrogen (secondary N) is 2. The number of para-hydroxylation sites is 1. The van der Waals surface area contributed by atoms with Crippen molar-refractivity contribution in [3.8, 4) is 5.75 Å². The van der Waals surface area contributed by atoms with Gasteiger partial charge < -0.3 is 15.4 Å². The van der Waals surface area contributed by atoms with Crippen LogP contribution >= 0.6 is 15.9 Å². The lowest BCUT2D eigenvalue weighted by molar-refractivity contribution is -0.118. The van der Waals surface area contributed by atoms with E-state index in [1.165, 1.54) is 0 Å². The number of amides is 2. The molecule has 136 valence electrons. The van der Waals surface area contributed by atoms with Crippen LogP contribution in [0.5, 0.6) is 5.75 Å². The summed E-state index contributed by atoms with van der Waals surface area (Å²) in [6.45, 7) is -0.169. The van der Waals surface area contributed by atoms with Gasteiger partial charge in [0.25, 0.3) is 11.8 Å². The van der Waals surface area contributed by atoms with Gasteiger partial charge in [0.05, 0.1) is 11.3 Å². The monoisotopic (exact) mass is 425 g/mol. The Labute approximate surface area is 164 Å². The van der Waals surface area contributed by atoms with Gasteiger partial charge >= 0.3 is 0 Å². The summed E-state index contributed by atoms with van der Waals surface area (Å²) in [6.07, 6.45) is 1.59. The smallest absolute Gasteiger partial charge is 0.262 e. The van der Waals surface area contributed by atoms with Crippen LogP contribution in [0.25, 0.3) is 0 Å². The summed E-state index contributed by atoms with van der Waals surface area (Å²) in [4.78, 5) is 28.7. The summed E-state index contributed by atoms with van der Waals surface area (Å²) in [5.74, 6) is 0.283. The molecule has 0 saturated heterocycles. The molecule has 0 saturated carbocycles. The molecular formula is C20H16BrN3O3. The van der Waals surface area contributed by atoms with Gasteiger partial charge in [-0.05, 0) is 48.5 Å². The maximum atomic E-state index is 12.5. The number of nitrogens with zero attached hydrogens (tertiary/aromatic N) is 1. The highest BCUT2D eigenvalue weighted by atomic mass is 79.9. The van der Waals surface area contributed by atoms with Gasteiger partial charge in [0, 0.05) is 10.7 Å². The molecule has 0 atom stereocenters. The van der Waals surface area contributed by atoms with E-state index in [-0.39, 0.29) is 18.4 Å². The molecule has 6 nitrogen and oxygen atoms in total. The molecule has 27 heavy (non-hydrogen) atoms. The lowest BCUT2D eigenvalue weighted by Gasteiger charge is -2.12. The molecule has 0 bridgehead atoms. The minimum atomic E-state index is -0.365. The molecule has 3 aromatic rings. The summed E-state index contributed by atoms with van der Waals surface area (Å²) in [5, 5.41) is 5.40. The van der Waals surface area contributed by atoms with E-state index in [9.17, 15) is 9.59 Å².